The first-order valence-electron chi connectivity index (χ1n) is 5.48. The topological polar surface area (TPSA) is 44.8 Å². The molecule has 0 aliphatic heterocycles. The fourth-order valence-corrected chi connectivity index (χ4v) is 1.42. The summed E-state index contributed by atoms with van der Waals surface area (Å²) in [4.78, 5) is 11.7. The van der Waals surface area contributed by atoms with Crippen LogP contribution in [0.2, 0.25) is 0 Å². The minimum Gasteiger partial charge on any atom is -0.493 e. The van der Waals surface area contributed by atoms with Crippen LogP contribution in [0.1, 0.15) is 20.3 Å². The van der Waals surface area contributed by atoms with Crippen molar-refractivity contribution in [3.8, 4) is 11.5 Å². The van der Waals surface area contributed by atoms with Crippen molar-refractivity contribution in [1.29, 1.82) is 0 Å². The van der Waals surface area contributed by atoms with Gasteiger partial charge in [0.1, 0.15) is 0 Å². The molecular formula is C13H18O4. The highest BCUT2D eigenvalue weighted by Crippen LogP contribution is 2.31. The minimum absolute atomic E-state index is 0.397. The third-order valence-electron chi connectivity index (χ3n) is 2.70. The van der Waals surface area contributed by atoms with Gasteiger partial charge in [-0.1, -0.05) is 19.1 Å². The maximum absolute atomic E-state index is 11.7. The molecule has 0 heterocycles. The third-order valence-corrected chi connectivity index (χ3v) is 2.70. The summed E-state index contributed by atoms with van der Waals surface area (Å²) in [5.41, 5.74) is -0.997. The molecule has 17 heavy (non-hydrogen) atoms. The van der Waals surface area contributed by atoms with Crippen molar-refractivity contribution in [3.63, 3.8) is 0 Å². The van der Waals surface area contributed by atoms with Gasteiger partial charge in [-0.25, -0.2) is 4.79 Å². The number of ether oxygens (including phenoxy) is 3. The van der Waals surface area contributed by atoms with E-state index < -0.39 is 11.6 Å². The second-order valence-corrected chi connectivity index (χ2v) is 3.83. The number of carbonyl (C=O) groups is 1. The molecule has 0 aliphatic carbocycles. The summed E-state index contributed by atoms with van der Waals surface area (Å²) >= 11 is 0. The monoisotopic (exact) mass is 238 g/mol. The van der Waals surface area contributed by atoms with Gasteiger partial charge in [-0.2, -0.15) is 0 Å². The molecular weight excluding hydrogens is 220 g/mol. The summed E-state index contributed by atoms with van der Waals surface area (Å²) in [7, 11) is 2.91. The van der Waals surface area contributed by atoms with Crippen molar-refractivity contribution < 1.29 is 19.0 Å². The summed E-state index contributed by atoms with van der Waals surface area (Å²) < 4.78 is 15.6. The zero-order valence-corrected chi connectivity index (χ0v) is 10.6. The molecule has 1 unspecified atom stereocenters. The van der Waals surface area contributed by atoms with E-state index in [4.69, 9.17) is 14.2 Å². The van der Waals surface area contributed by atoms with E-state index in [1.165, 1.54) is 7.11 Å². The van der Waals surface area contributed by atoms with Gasteiger partial charge in [0, 0.05) is 0 Å². The van der Waals surface area contributed by atoms with E-state index in [2.05, 4.69) is 0 Å². The lowest BCUT2D eigenvalue weighted by Crippen LogP contribution is -2.41. The van der Waals surface area contributed by atoms with Crippen LogP contribution in [0.4, 0.5) is 0 Å². The zero-order chi connectivity index (χ0) is 12.9. The second kappa shape index (κ2) is 5.57. The fourth-order valence-electron chi connectivity index (χ4n) is 1.42. The highest BCUT2D eigenvalue weighted by atomic mass is 16.6. The van der Waals surface area contributed by atoms with E-state index in [0.29, 0.717) is 17.9 Å². The lowest BCUT2D eigenvalue weighted by Gasteiger charge is -2.27. The number of methoxy groups -OCH3 is 2. The number of hydrogen-bond acceptors (Lipinski definition) is 4. The Morgan fingerprint density at radius 1 is 1.24 bits per heavy atom. The normalized spacial score (nSPS) is 13.6. The van der Waals surface area contributed by atoms with Crippen molar-refractivity contribution >= 4 is 5.97 Å². The summed E-state index contributed by atoms with van der Waals surface area (Å²) in [5, 5.41) is 0. The molecule has 0 aliphatic rings. The van der Waals surface area contributed by atoms with Crippen LogP contribution in [0, 0.1) is 0 Å². The van der Waals surface area contributed by atoms with E-state index in [1.807, 2.05) is 19.1 Å². The number of carbonyl (C=O) groups excluding carboxylic acids is 1. The van der Waals surface area contributed by atoms with E-state index in [-0.39, 0.29) is 0 Å². The van der Waals surface area contributed by atoms with Crippen molar-refractivity contribution in [2.24, 2.45) is 0 Å². The van der Waals surface area contributed by atoms with E-state index >= 15 is 0 Å². The van der Waals surface area contributed by atoms with E-state index in [1.54, 1.807) is 26.2 Å². The van der Waals surface area contributed by atoms with Crippen LogP contribution in [-0.2, 0) is 9.53 Å². The lowest BCUT2D eigenvalue weighted by molar-refractivity contribution is -0.157. The minimum atomic E-state index is -0.997. The van der Waals surface area contributed by atoms with Crippen LogP contribution < -0.4 is 9.47 Å². The largest absolute Gasteiger partial charge is 0.493 e. The summed E-state index contributed by atoms with van der Waals surface area (Å²) in [6.45, 7) is 3.57. The Balaban J connectivity index is 2.98. The quantitative estimate of drug-likeness (QED) is 0.739. The Bertz CT molecular complexity index is 389. The number of benzene rings is 1. The molecule has 1 aromatic rings. The summed E-state index contributed by atoms with van der Waals surface area (Å²) in [5.74, 6) is 0.728. The van der Waals surface area contributed by atoms with E-state index in [9.17, 15) is 4.79 Å². The molecule has 1 rings (SSSR count). The van der Waals surface area contributed by atoms with Crippen LogP contribution in [0.3, 0.4) is 0 Å². The molecule has 0 saturated carbocycles. The van der Waals surface area contributed by atoms with Crippen LogP contribution in [-0.4, -0.2) is 25.8 Å². The zero-order valence-electron chi connectivity index (χ0n) is 10.6. The highest BCUT2D eigenvalue weighted by molar-refractivity contribution is 5.79. The van der Waals surface area contributed by atoms with Gasteiger partial charge in [-0.3, -0.25) is 0 Å². The smallest absolute Gasteiger partial charge is 0.349 e. The van der Waals surface area contributed by atoms with Crippen LogP contribution in [0.25, 0.3) is 0 Å². The molecule has 0 bridgehead atoms. The van der Waals surface area contributed by atoms with Gasteiger partial charge in [0.05, 0.1) is 14.2 Å². The Morgan fingerprint density at radius 3 is 2.29 bits per heavy atom. The fraction of sp³-hybridized carbons (Fsp3) is 0.462. The molecule has 0 saturated heterocycles. The standard InChI is InChI=1S/C13H18O4/c1-5-13(2,12(14)16-4)17-11-9-7-6-8-10(11)15-3/h6-9H,5H2,1-4H3. The summed E-state index contributed by atoms with van der Waals surface area (Å²) in [6.07, 6.45) is 0.512. The van der Waals surface area contributed by atoms with Gasteiger partial charge in [-0.15, -0.1) is 0 Å². The average molecular weight is 238 g/mol. The predicted octanol–water partition coefficient (Wildman–Crippen LogP) is 2.42. The Labute approximate surface area is 101 Å². The summed E-state index contributed by atoms with van der Waals surface area (Å²) in [6, 6.07) is 7.21. The maximum atomic E-state index is 11.7. The molecule has 4 nitrogen and oxygen atoms in total. The van der Waals surface area contributed by atoms with Gasteiger partial charge in [0.2, 0.25) is 5.60 Å². The molecule has 4 heteroatoms. The first-order chi connectivity index (χ1) is 8.07. The third kappa shape index (κ3) is 2.90. The lowest BCUT2D eigenvalue weighted by atomic mass is 10.0. The molecule has 1 aromatic carbocycles. The Hall–Kier alpha value is -1.71. The molecule has 94 valence electrons. The molecule has 0 aromatic heterocycles. The number of rotatable bonds is 5. The van der Waals surface area contributed by atoms with Gasteiger partial charge in [0.15, 0.2) is 11.5 Å². The molecule has 0 N–H and O–H groups in total. The number of hydrogen-bond donors (Lipinski definition) is 0. The SMILES string of the molecule is CCC(C)(Oc1ccccc1OC)C(=O)OC. The highest BCUT2D eigenvalue weighted by Gasteiger charge is 2.35. The Morgan fingerprint density at radius 2 is 1.82 bits per heavy atom. The molecule has 0 amide bonds. The molecule has 0 fully saturated rings. The first-order valence-corrected chi connectivity index (χ1v) is 5.48. The molecule has 1 atom stereocenters. The number of esters is 1. The van der Waals surface area contributed by atoms with Crippen molar-refractivity contribution in [2.45, 2.75) is 25.9 Å². The van der Waals surface area contributed by atoms with Crippen LogP contribution >= 0.6 is 0 Å². The maximum Gasteiger partial charge on any atom is 0.349 e. The van der Waals surface area contributed by atoms with Gasteiger partial charge in [-0.05, 0) is 25.5 Å². The Kier molecular flexibility index (Phi) is 4.37. The van der Waals surface area contributed by atoms with Crippen molar-refractivity contribution in [3.05, 3.63) is 24.3 Å². The van der Waals surface area contributed by atoms with Crippen molar-refractivity contribution in [2.75, 3.05) is 14.2 Å². The van der Waals surface area contributed by atoms with Gasteiger partial charge < -0.3 is 14.2 Å². The van der Waals surface area contributed by atoms with E-state index in [0.717, 1.165) is 0 Å². The molecule has 0 radical (unpaired) electrons. The van der Waals surface area contributed by atoms with Gasteiger partial charge >= 0.3 is 5.97 Å². The number of para-hydroxylation sites is 2. The van der Waals surface area contributed by atoms with Gasteiger partial charge in [0.25, 0.3) is 0 Å². The predicted molar refractivity (Wildman–Crippen MR) is 64.3 cm³/mol. The van der Waals surface area contributed by atoms with Crippen LogP contribution in [0.15, 0.2) is 24.3 Å². The molecule has 0 spiro atoms. The van der Waals surface area contributed by atoms with Crippen LogP contribution in [0.5, 0.6) is 11.5 Å². The average Bonchev–Trinajstić information content (AvgIpc) is 2.38. The first kappa shape index (κ1) is 13.4. The van der Waals surface area contributed by atoms with Crippen molar-refractivity contribution in [1.82, 2.24) is 0 Å². The second-order valence-electron chi connectivity index (χ2n) is 3.83.